The van der Waals surface area contributed by atoms with Gasteiger partial charge in [0.05, 0.1) is 6.33 Å². The number of imidazole rings is 1. The molecule has 7 N–H and O–H groups in total. The number of rotatable bonds is 8. The highest BCUT2D eigenvalue weighted by Crippen LogP contribution is 2.25. The highest BCUT2D eigenvalue weighted by Gasteiger charge is 2.23. The van der Waals surface area contributed by atoms with E-state index < -0.39 is 29.8 Å². The minimum Gasteiger partial charge on any atom is -0.504 e. The Kier molecular flexibility index (Phi) is 6.74. The van der Waals surface area contributed by atoms with E-state index in [0.717, 1.165) is 0 Å². The fourth-order valence-electron chi connectivity index (χ4n) is 2.28. The Bertz CT molecular complexity index is 878. The van der Waals surface area contributed by atoms with Crippen LogP contribution in [0.5, 0.6) is 11.5 Å². The van der Waals surface area contributed by atoms with Gasteiger partial charge in [-0.2, -0.15) is 0 Å². The lowest BCUT2D eigenvalue weighted by Crippen LogP contribution is -2.52. The molecule has 10 nitrogen and oxygen atoms in total. The molecule has 28 heavy (non-hydrogen) atoms. The van der Waals surface area contributed by atoms with Gasteiger partial charge in [0.2, 0.25) is 17.7 Å². The second kappa shape index (κ2) is 9.21. The molecule has 0 aliphatic rings. The number of aromatic amines is 1. The molecule has 0 spiro atoms. The fourth-order valence-corrected chi connectivity index (χ4v) is 2.28. The van der Waals surface area contributed by atoms with Crippen LogP contribution in [0.3, 0.4) is 0 Å². The summed E-state index contributed by atoms with van der Waals surface area (Å²) in [4.78, 5) is 42.4. The number of phenolic OH excluding ortho intramolecular Hbond substituents is 2. The molecule has 1 aromatic heterocycles. The maximum Gasteiger partial charge on any atom is 0.244 e. The summed E-state index contributed by atoms with van der Waals surface area (Å²) in [5.41, 5.74) is 6.42. The number of carbonyl (C=O) groups is 3. The maximum absolute atomic E-state index is 12.2. The van der Waals surface area contributed by atoms with Gasteiger partial charge in [-0.05, 0) is 30.7 Å². The largest absolute Gasteiger partial charge is 0.504 e. The van der Waals surface area contributed by atoms with Crippen LogP contribution in [0.15, 0.2) is 36.8 Å². The van der Waals surface area contributed by atoms with Crippen molar-refractivity contribution in [1.29, 1.82) is 0 Å². The molecule has 0 saturated heterocycles. The summed E-state index contributed by atoms with van der Waals surface area (Å²) in [6, 6.07) is 2.19. The average molecular weight is 387 g/mol. The summed E-state index contributed by atoms with van der Waals surface area (Å²) in [5, 5.41) is 23.6. The van der Waals surface area contributed by atoms with Gasteiger partial charge in [-0.15, -0.1) is 0 Å². The fraction of sp³-hybridized carbons (Fsp3) is 0.222. The van der Waals surface area contributed by atoms with Crippen LogP contribution in [0.25, 0.3) is 6.08 Å². The third-order valence-electron chi connectivity index (χ3n) is 3.82. The zero-order chi connectivity index (χ0) is 20.7. The summed E-state index contributed by atoms with van der Waals surface area (Å²) in [7, 11) is 0. The number of carbonyl (C=O) groups excluding carboxylic acids is 3. The van der Waals surface area contributed by atoms with Crippen LogP contribution in [-0.2, 0) is 20.8 Å². The van der Waals surface area contributed by atoms with Gasteiger partial charge in [-0.3, -0.25) is 14.4 Å². The van der Waals surface area contributed by atoms with E-state index in [2.05, 4.69) is 20.6 Å². The molecule has 0 aliphatic carbocycles. The number of phenols is 2. The van der Waals surface area contributed by atoms with Gasteiger partial charge in [0, 0.05) is 24.4 Å². The van der Waals surface area contributed by atoms with Crippen LogP contribution < -0.4 is 16.4 Å². The Morgan fingerprint density at radius 1 is 1.25 bits per heavy atom. The lowest BCUT2D eigenvalue weighted by atomic mass is 10.1. The lowest BCUT2D eigenvalue weighted by Gasteiger charge is -2.18. The van der Waals surface area contributed by atoms with Crippen molar-refractivity contribution in [2.24, 2.45) is 5.73 Å². The molecule has 3 amide bonds. The van der Waals surface area contributed by atoms with E-state index in [0.29, 0.717) is 11.3 Å². The van der Waals surface area contributed by atoms with Crippen LogP contribution >= 0.6 is 0 Å². The SMILES string of the molecule is C[C@H](NC(=O)/C=C/c1ccc(O)c(O)c1)C(=O)N[C@@H](Cc1cnc[nH]1)C(N)=O. The first-order chi connectivity index (χ1) is 13.3. The molecule has 10 heteroatoms. The van der Waals surface area contributed by atoms with Crippen molar-refractivity contribution in [2.75, 3.05) is 0 Å². The quantitative estimate of drug-likeness (QED) is 0.265. The van der Waals surface area contributed by atoms with Crippen molar-refractivity contribution in [3.05, 3.63) is 48.1 Å². The van der Waals surface area contributed by atoms with Gasteiger partial charge in [-0.25, -0.2) is 4.98 Å². The van der Waals surface area contributed by atoms with E-state index in [4.69, 9.17) is 5.73 Å². The first-order valence-electron chi connectivity index (χ1n) is 8.33. The minimum atomic E-state index is -0.956. The van der Waals surface area contributed by atoms with Gasteiger partial charge in [0.15, 0.2) is 11.5 Å². The lowest BCUT2D eigenvalue weighted by molar-refractivity contribution is -0.130. The number of amides is 3. The van der Waals surface area contributed by atoms with Gasteiger partial charge >= 0.3 is 0 Å². The van der Waals surface area contributed by atoms with E-state index in [1.54, 1.807) is 0 Å². The maximum atomic E-state index is 12.2. The molecular weight excluding hydrogens is 366 g/mol. The molecule has 1 aromatic carbocycles. The summed E-state index contributed by atoms with van der Waals surface area (Å²) in [5.74, 6) is -2.43. The Hall–Kier alpha value is -3.82. The number of aromatic hydroxyl groups is 2. The number of primary amides is 1. The Balaban J connectivity index is 1.90. The molecule has 0 saturated carbocycles. The van der Waals surface area contributed by atoms with Crippen LogP contribution in [0, 0.1) is 0 Å². The van der Waals surface area contributed by atoms with Crippen molar-refractivity contribution < 1.29 is 24.6 Å². The third-order valence-corrected chi connectivity index (χ3v) is 3.82. The van der Waals surface area contributed by atoms with Crippen molar-refractivity contribution in [3.8, 4) is 11.5 Å². The second-order valence-corrected chi connectivity index (χ2v) is 6.06. The number of hydrogen-bond donors (Lipinski definition) is 6. The number of nitrogens with zero attached hydrogens (tertiary/aromatic N) is 1. The molecule has 2 atom stereocenters. The molecule has 0 bridgehead atoms. The molecule has 2 aromatic rings. The van der Waals surface area contributed by atoms with Crippen LogP contribution in [-0.4, -0.2) is 50.0 Å². The molecular formula is C18H21N5O5. The third kappa shape index (κ3) is 5.87. The number of nitrogens with two attached hydrogens (primary N) is 1. The van der Waals surface area contributed by atoms with E-state index in [-0.39, 0.29) is 17.9 Å². The van der Waals surface area contributed by atoms with E-state index in [1.807, 2.05) is 0 Å². The first-order valence-corrected chi connectivity index (χ1v) is 8.33. The van der Waals surface area contributed by atoms with Crippen molar-refractivity contribution in [2.45, 2.75) is 25.4 Å². The summed E-state index contributed by atoms with van der Waals surface area (Å²) in [6.45, 7) is 1.46. The first kappa shape index (κ1) is 20.5. The zero-order valence-corrected chi connectivity index (χ0v) is 15.0. The number of hydrogen-bond acceptors (Lipinski definition) is 6. The standard InChI is InChI=1S/C18H21N5O5/c1-10(18(28)23-13(17(19)27)7-12-8-20-9-21-12)22-16(26)5-3-11-2-4-14(24)15(25)6-11/h2-6,8-10,13,24-25H,7H2,1H3,(H2,19,27)(H,20,21)(H,22,26)(H,23,28)/b5-3+/t10-,13-/m0/s1. The molecule has 0 fully saturated rings. The molecule has 148 valence electrons. The van der Waals surface area contributed by atoms with Crippen molar-refractivity contribution in [1.82, 2.24) is 20.6 Å². The smallest absolute Gasteiger partial charge is 0.244 e. The molecule has 2 rings (SSSR count). The van der Waals surface area contributed by atoms with E-state index in [1.165, 1.54) is 49.8 Å². The number of nitrogens with one attached hydrogen (secondary N) is 3. The summed E-state index contributed by atoms with van der Waals surface area (Å²) < 4.78 is 0. The van der Waals surface area contributed by atoms with Crippen molar-refractivity contribution >= 4 is 23.8 Å². The predicted octanol–water partition coefficient (Wildman–Crippen LogP) is -0.448. The highest BCUT2D eigenvalue weighted by atomic mass is 16.3. The van der Waals surface area contributed by atoms with Crippen LogP contribution in [0.2, 0.25) is 0 Å². The molecule has 0 aliphatic heterocycles. The topological polar surface area (TPSA) is 170 Å². The van der Waals surface area contributed by atoms with Crippen molar-refractivity contribution in [3.63, 3.8) is 0 Å². The second-order valence-electron chi connectivity index (χ2n) is 6.06. The van der Waals surface area contributed by atoms with Crippen LogP contribution in [0.1, 0.15) is 18.2 Å². The van der Waals surface area contributed by atoms with Gasteiger partial charge in [0.25, 0.3) is 0 Å². The average Bonchev–Trinajstić information content (AvgIpc) is 3.15. The van der Waals surface area contributed by atoms with E-state index in [9.17, 15) is 24.6 Å². The normalized spacial score (nSPS) is 13.0. The minimum absolute atomic E-state index is 0.145. The molecule has 0 unspecified atom stereocenters. The molecule has 1 heterocycles. The Morgan fingerprint density at radius 2 is 2.00 bits per heavy atom. The summed E-state index contributed by atoms with van der Waals surface area (Å²) >= 11 is 0. The molecule has 0 radical (unpaired) electrons. The summed E-state index contributed by atoms with van der Waals surface area (Å²) in [6.07, 6.45) is 5.68. The van der Waals surface area contributed by atoms with Crippen LogP contribution in [0.4, 0.5) is 0 Å². The monoisotopic (exact) mass is 387 g/mol. The number of benzene rings is 1. The number of aromatic nitrogens is 2. The Morgan fingerprint density at radius 3 is 2.61 bits per heavy atom. The number of H-pyrrole nitrogens is 1. The van der Waals surface area contributed by atoms with Gasteiger partial charge in [-0.1, -0.05) is 6.07 Å². The zero-order valence-electron chi connectivity index (χ0n) is 15.0. The highest BCUT2D eigenvalue weighted by molar-refractivity contribution is 5.96. The Labute approximate surface area is 160 Å². The van der Waals surface area contributed by atoms with Gasteiger partial charge < -0.3 is 31.6 Å². The predicted molar refractivity (Wildman–Crippen MR) is 99.8 cm³/mol. The van der Waals surface area contributed by atoms with E-state index >= 15 is 0 Å². The van der Waals surface area contributed by atoms with Gasteiger partial charge in [0.1, 0.15) is 12.1 Å².